The second kappa shape index (κ2) is 11.1. The average Bonchev–Trinajstić information content (AvgIpc) is 2.93. The number of likely N-dealkylation sites (N-methyl/N-ethyl adjacent to an activating group) is 1. The van der Waals surface area contributed by atoms with Gasteiger partial charge < -0.3 is 15.5 Å². The summed E-state index contributed by atoms with van der Waals surface area (Å²) < 4.78 is 0. The van der Waals surface area contributed by atoms with Crippen molar-refractivity contribution in [2.45, 2.75) is 32.2 Å². The molecule has 0 spiro atoms. The molecule has 2 saturated heterocycles. The molecule has 1 amide bonds. The van der Waals surface area contributed by atoms with Crippen LogP contribution in [0.25, 0.3) is 22.4 Å². The zero-order valence-corrected chi connectivity index (χ0v) is 22.3. The Bertz CT molecular complexity index is 1250. The first-order valence-electron chi connectivity index (χ1n) is 13.0. The van der Waals surface area contributed by atoms with E-state index in [-0.39, 0.29) is 5.91 Å². The van der Waals surface area contributed by atoms with Crippen molar-refractivity contribution < 1.29 is 4.79 Å². The van der Waals surface area contributed by atoms with Crippen molar-refractivity contribution in [2.75, 3.05) is 52.0 Å². The van der Waals surface area contributed by atoms with E-state index in [2.05, 4.69) is 38.7 Å². The molecule has 4 heterocycles. The maximum Gasteiger partial charge on any atom is 0.255 e. The van der Waals surface area contributed by atoms with Gasteiger partial charge in [0, 0.05) is 68.2 Å². The van der Waals surface area contributed by atoms with Gasteiger partial charge in [0.1, 0.15) is 12.1 Å². The van der Waals surface area contributed by atoms with E-state index in [9.17, 15) is 4.79 Å². The highest BCUT2D eigenvalue weighted by atomic mass is 35.5. The summed E-state index contributed by atoms with van der Waals surface area (Å²) in [5.41, 5.74) is 10.6. The molecule has 0 aliphatic carbocycles. The van der Waals surface area contributed by atoms with Gasteiger partial charge in [0.2, 0.25) is 0 Å². The molecule has 2 fully saturated rings. The molecule has 0 bridgehead atoms. The van der Waals surface area contributed by atoms with Crippen molar-refractivity contribution in [3.05, 3.63) is 59.1 Å². The van der Waals surface area contributed by atoms with Gasteiger partial charge in [-0.3, -0.25) is 9.69 Å². The number of piperidine rings is 1. The van der Waals surface area contributed by atoms with E-state index in [1.165, 1.54) is 0 Å². The van der Waals surface area contributed by atoms with E-state index in [1.54, 1.807) is 18.6 Å². The van der Waals surface area contributed by atoms with Crippen molar-refractivity contribution in [1.82, 2.24) is 29.7 Å². The number of aryl methyl sites for hydroxylation is 1. The van der Waals surface area contributed by atoms with E-state index in [0.29, 0.717) is 22.4 Å². The Balaban J connectivity index is 1.34. The molecule has 194 valence electrons. The number of carbonyl (C=O) groups excluding carboxylic acids is 1. The van der Waals surface area contributed by atoms with Gasteiger partial charge in [0.25, 0.3) is 5.91 Å². The number of nitrogens with two attached hydrogens (primary N) is 1. The van der Waals surface area contributed by atoms with Crippen LogP contribution in [0.3, 0.4) is 0 Å². The highest BCUT2D eigenvalue weighted by molar-refractivity contribution is 6.34. The maximum absolute atomic E-state index is 13.4. The van der Waals surface area contributed by atoms with Crippen LogP contribution in [-0.4, -0.2) is 87.9 Å². The largest absolute Gasteiger partial charge is 0.384 e. The number of piperazine rings is 1. The summed E-state index contributed by atoms with van der Waals surface area (Å²) in [5, 5.41) is 0.432. The number of hydrogen-bond acceptors (Lipinski definition) is 7. The number of pyridine rings is 1. The molecular weight excluding hydrogens is 486 g/mol. The Hall–Kier alpha value is -3.07. The number of carbonyl (C=O) groups is 1. The molecule has 1 aromatic carbocycles. The van der Waals surface area contributed by atoms with Gasteiger partial charge in [-0.1, -0.05) is 24.6 Å². The number of nitrogen functional groups attached to an aromatic ring is 1. The minimum Gasteiger partial charge on any atom is -0.384 e. The lowest BCUT2D eigenvalue weighted by atomic mass is 9.96. The number of benzene rings is 1. The fourth-order valence-corrected chi connectivity index (χ4v) is 5.65. The van der Waals surface area contributed by atoms with Gasteiger partial charge in [-0.25, -0.2) is 15.0 Å². The van der Waals surface area contributed by atoms with E-state index in [4.69, 9.17) is 17.3 Å². The molecule has 8 nitrogen and oxygen atoms in total. The van der Waals surface area contributed by atoms with Crippen LogP contribution < -0.4 is 5.73 Å². The summed E-state index contributed by atoms with van der Waals surface area (Å²) in [4.78, 5) is 33.6. The zero-order valence-electron chi connectivity index (χ0n) is 21.5. The number of anilines is 1. The van der Waals surface area contributed by atoms with Crippen molar-refractivity contribution >= 4 is 23.3 Å². The van der Waals surface area contributed by atoms with Crippen molar-refractivity contribution in [2.24, 2.45) is 0 Å². The first kappa shape index (κ1) is 25.6. The van der Waals surface area contributed by atoms with E-state index >= 15 is 0 Å². The third-order valence-corrected chi connectivity index (χ3v) is 7.93. The van der Waals surface area contributed by atoms with E-state index in [0.717, 1.165) is 86.6 Å². The number of nitrogens with zero attached hydrogens (tertiary/aromatic N) is 6. The van der Waals surface area contributed by atoms with Crippen LogP contribution in [0, 0.1) is 0 Å². The minimum atomic E-state index is -0.00623. The van der Waals surface area contributed by atoms with E-state index in [1.807, 2.05) is 29.2 Å². The Labute approximate surface area is 223 Å². The van der Waals surface area contributed by atoms with Gasteiger partial charge in [0.15, 0.2) is 0 Å². The van der Waals surface area contributed by atoms with Gasteiger partial charge in [-0.15, -0.1) is 0 Å². The van der Waals surface area contributed by atoms with Crippen LogP contribution in [-0.2, 0) is 6.42 Å². The topological polar surface area (TPSA) is 91.5 Å². The van der Waals surface area contributed by atoms with Crippen LogP contribution in [0.1, 0.15) is 35.8 Å². The summed E-state index contributed by atoms with van der Waals surface area (Å²) in [6.45, 7) is 8.02. The van der Waals surface area contributed by atoms with Crippen molar-refractivity contribution in [3.8, 4) is 22.4 Å². The molecule has 2 aromatic heterocycles. The molecule has 2 aliphatic heterocycles. The lowest BCUT2D eigenvalue weighted by molar-refractivity contribution is 0.0519. The highest BCUT2D eigenvalue weighted by Crippen LogP contribution is 2.35. The normalized spacial score (nSPS) is 17.8. The first-order chi connectivity index (χ1) is 17.9. The molecule has 5 rings (SSSR count). The number of halogens is 1. The number of likely N-dealkylation sites (tertiary alicyclic amines) is 1. The molecule has 0 unspecified atom stereocenters. The summed E-state index contributed by atoms with van der Waals surface area (Å²) >= 11 is 6.72. The summed E-state index contributed by atoms with van der Waals surface area (Å²) in [5.74, 6) is 0.451. The predicted molar refractivity (Wildman–Crippen MR) is 147 cm³/mol. The number of hydrogen-bond donors (Lipinski definition) is 1. The molecule has 0 atom stereocenters. The SMILES string of the molecule is CCc1ncnc(-c2ccc(C(=O)N3CCC(N4CCN(C)CC4)CC3)c(Cl)c2)c1-c1ccc(N)nc1. The third kappa shape index (κ3) is 5.46. The van der Waals surface area contributed by atoms with Gasteiger partial charge >= 0.3 is 0 Å². The number of amides is 1. The average molecular weight is 520 g/mol. The molecule has 0 radical (unpaired) electrons. The van der Waals surface area contributed by atoms with Crippen LogP contribution in [0.4, 0.5) is 5.82 Å². The second-order valence-corrected chi connectivity index (χ2v) is 10.3. The molecule has 2 aliphatic rings. The molecular formula is C28H34ClN7O. The first-order valence-corrected chi connectivity index (χ1v) is 13.4. The van der Waals surface area contributed by atoms with Gasteiger partial charge in [0.05, 0.1) is 22.0 Å². The molecule has 3 aromatic rings. The van der Waals surface area contributed by atoms with Crippen molar-refractivity contribution in [1.29, 1.82) is 0 Å². The fraction of sp³-hybridized carbons (Fsp3) is 0.429. The van der Waals surface area contributed by atoms with Crippen LogP contribution in [0.15, 0.2) is 42.9 Å². The minimum absolute atomic E-state index is 0.00623. The number of rotatable bonds is 5. The Morgan fingerprint density at radius 1 is 1.00 bits per heavy atom. The maximum atomic E-state index is 13.4. The Morgan fingerprint density at radius 2 is 1.73 bits per heavy atom. The monoisotopic (exact) mass is 519 g/mol. The lowest BCUT2D eigenvalue weighted by Gasteiger charge is -2.42. The summed E-state index contributed by atoms with van der Waals surface area (Å²) in [7, 11) is 2.18. The summed E-state index contributed by atoms with van der Waals surface area (Å²) in [6, 6.07) is 9.84. The van der Waals surface area contributed by atoms with Gasteiger partial charge in [-0.2, -0.15) is 0 Å². The quantitative estimate of drug-likeness (QED) is 0.547. The van der Waals surface area contributed by atoms with Crippen LogP contribution in [0.2, 0.25) is 5.02 Å². The zero-order chi connectivity index (χ0) is 25.9. The second-order valence-electron chi connectivity index (χ2n) is 9.93. The Morgan fingerprint density at radius 3 is 2.38 bits per heavy atom. The lowest BCUT2D eigenvalue weighted by Crippen LogP contribution is -2.53. The fourth-order valence-electron chi connectivity index (χ4n) is 5.39. The number of aromatic nitrogens is 3. The molecule has 9 heteroatoms. The smallest absolute Gasteiger partial charge is 0.255 e. The molecule has 0 saturated carbocycles. The molecule has 37 heavy (non-hydrogen) atoms. The van der Waals surface area contributed by atoms with Gasteiger partial charge in [-0.05, 0) is 50.6 Å². The predicted octanol–water partition coefficient (Wildman–Crippen LogP) is 3.86. The molecule has 2 N–H and O–H groups in total. The van der Waals surface area contributed by atoms with Crippen LogP contribution >= 0.6 is 11.6 Å². The van der Waals surface area contributed by atoms with Crippen LogP contribution in [0.5, 0.6) is 0 Å². The van der Waals surface area contributed by atoms with Crippen molar-refractivity contribution in [3.63, 3.8) is 0 Å². The summed E-state index contributed by atoms with van der Waals surface area (Å²) in [6.07, 6.45) is 6.06. The third-order valence-electron chi connectivity index (χ3n) is 7.61. The standard InChI is InChI=1S/C28H34ClN7O/c1-3-24-26(20-5-7-25(30)31-17-20)27(33-18-32-24)19-4-6-22(23(29)16-19)28(37)36-10-8-21(9-11-36)35-14-12-34(2)13-15-35/h4-7,16-18,21H,3,8-15H2,1-2H3,(H2,30,31). The Kier molecular flexibility index (Phi) is 7.69. The highest BCUT2D eigenvalue weighted by Gasteiger charge is 2.29. The van der Waals surface area contributed by atoms with E-state index < -0.39 is 0 Å².